The predicted octanol–water partition coefficient (Wildman–Crippen LogP) is 2.78. The molecular weight excluding hydrogens is 212 g/mol. The zero-order chi connectivity index (χ0) is 11.5. The molecule has 1 aromatic heterocycles. The third kappa shape index (κ3) is 2.00. The van der Waals surface area contributed by atoms with E-state index in [1.54, 1.807) is 24.3 Å². The lowest BCUT2D eigenvalue weighted by Gasteiger charge is -2.06. The van der Waals surface area contributed by atoms with Crippen LogP contribution in [0.1, 0.15) is 12.0 Å². The minimum Gasteiger partial charge on any atom is -0.284 e. The molecule has 82 valence electrons. The number of hydrogen-bond donors (Lipinski definition) is 0. The van der Waals surface area contributed by atoms with Crippen LogP contribution >= 0.6 is 0 Å². The van der Waals surface area contributed by atoms with Crippen LogP contribution in [0.5, 0.6) is 0 Å². The van der Waals surface area contributed by atoms with Gasteiger partial charge < -0.3 is 0 Å². The first-order valence-electron chi connectivity index (χ1n) is 4.74. The summed E-state index contributed by atoms with van der Waals surface area (Å²) in [5.41, 5.74) is -0.0468. The van der Waals surface area contributed by atoms with Crippen LogP contribution in [0.3, 0.4) is 0 Å². The maximum Gasteiger partial charge on any atom is 0.264 e. The van der Waals surface area contributed by atoms with E-state index >= 15 is 0 Å². The highest BCUT2D eigenvalue weighted by Gasteiger charge is 2.08. The Balaban J connectivity index is 2.49. The van der Waals surface area contributed by atoms with Crippen molar-refractivity contribution in [2.24, 2.45) is 0 Å². The number of benzene rings is 1. The number of aromatic nitrogens is 1. The highest BCUT2D eigenvalue weighted by Crippen LogP contribution is 2.16. The molecule has 0 amide bonds. The molecule has 1 aromatic carbocycles. The van der Waals surface area contributed by atoms with Crippen LogP contribution in [-0.4, -0.2) is 4.57 Å². The second kappa shape index (κ2) is 4.26. The number of alkyl halides is 2. The molecule has 0 aliphatic carbocycles. The van der Waals surface area contributed by atoms with Crippen LogP contribution in [0.2, 0.25) is 0 Å². The summed E-state index contributed by atoms with van der Waals surface area (Å²) < 4.78 is 26.0. The van der Waals surface area contributed by atoms with Gasteiger partial charge in [0.05, 0.1) is 0 Å². The van der Waals surface area contributed by atoms with Crippen LogP contribution in [-0.2, 0) is 0 Å². The normalized spacial score (nSPS) is 10.7. The van der Waals surface area contributed by atoms with E-state index in [4.69, 9.17) is 0 Å². The van der Waals surface area contributed by atoms with Crippen LogP contribution < -0.4 is 5.56 Å². The summed E-state index contributed by atoms with van der Waals surface area (Å²) in [5.74, 6) is 0. The molecule has 16 heavy (non-hydrogen) atoms. The summed E-state index contributed by atoms with van der Waals surface area (Å²) >= 11 is 0. The van der Waals surface area contributed by atoms with Crippen molar-refractivity contribution in [2.75, 3.05) is 0 Å². The van der Waals surface area contributed by atoms with Crippen LogP contribution in [0.4, 0.5) is 8.78 Å². The number of pyridine rings is 1. The summed E-state index contributed by atoms with van der Waals surface area (Å²) in [5, 5.41) is 0. The van der Waals surface area contributed by atoms with Gasteiger partial charge in [-0.3, -0.25) is 9.36 Å². The van der Waals surface area contributed by atoms with Crippen molar-refractivity contribution >= 4 is 0 Å². The minimum absolute atomic E-state index is 0.253. The van der Waals surface area contributed by atoms with Crippen molar-refractivity contribution in [1.29, 1.82) is 0 Å². The molecule has 0 aliphatic rings. The first-order valence-corrected chi connectivity index (χ1v) is 4.74. The minimum atomic E-state index is -2.61. The van der Waals surface area contributed by atoms with Crippen LogP contribution in [0.15, 0.2) is 53.5 Å². The molecule has 4 heteroatoms. The lowest BCUT2D eigenvalue weighted by molar-refractivity contribution is 0.151. The molecule has 0 radical (unpaired) electrons. The molecule has 2 nitrogen and oxygen atoms in total. The SMILES string of the molecule is O=c1cc(C(F)F)ccn1-c1ccccc1. The van der Waals surface area contributed by atoms with Crippen molar-refractivity contribution in [1.82, 2.24) is 4.57 Å². The zero-order valence-corrected chi connectivity index (χ0v) is 8.31. The Kier molecular flexibility index (Phi) is 2.81. The summed E-state index contributed by atoms with van der Waals surface area (Å²) in [4.78, 5) is 11.6. The quantitative estimate of drug-likeness (QED) is 0.764. The van der Waals surface area contributed by atoms with Gasteiger partial charge in [-0.2, -0.15) is 0 Å². The van der Waals surface area contributed by atoms with Crippen molar-refractivity contribution in [3.05, 3.63) is 64.6 Å². The second-order valence-electron chi connectivity index (χ2n) is 3.30. The van der Waals surface area contributed by atoms with Crippen molar-refractivity contribution in [3.8, 4) is 5.69 Å². The van der Waals surface area contributed by atoms with E-state index in [0.717, 1.165) is 6.07 Å². The molecular formula is C12H9F2NO. The summed E-state index contributed by atoms with van der Waals surface area (Å²) in [7, 11) is 0. The summed E-state index contributed by atoms with van der Waals surface area (Å²) in [6.07, 6.45) is -1.25. The molecule has 0 fully saturated rings. The largest absolute Gasteiger partial charge is 0.284 e. The van der Waals surface area contributed by atoms with E-state index in [1.165, 1.54) is 16.8 Å². The zero-order valence-electron chi connectivity index (χ0n) is 8.31. The van der Waals surface area contributed by atoms with E-state index in [9.17, 15) is 13.6 Å². The summed E-state index contributed by atoms with van der Waals surface area (Å²) in [6.45, 7) is 0. The molecule has 0 unspecified atom stereocenters. The van der Waals surface area contributed by atoms with Gasteiger partial charge in [-0.15, -0.1) is 0 Å². The maximum atomic E-state index is 12.3. The molecule has 2 aromatic rings. The molecule has 0 aliphatic heterocycles. The third-order valence-electron chi connectivity index (χ3n) is 2.23. The molecule has 0 atom stereocenters. The molecule has 2 rings (SSSR count). The average Bonchev–Trinajstić information content (AvgIpc) is 2.30. The molecule has 0 saturated heterocycles. The van der Waals surface area contributed by atoms with Gasteiger partial charge in [-0.25, -0.2) is 8.78 Å². The van der Waals surface area contributed by atoms with Gasteiger partial charge in [0.15, 0.2) is 0 Å². The highest BCUT2D eigenvalue weighted by atomic mass is 19.3. The lowest BCUT2D eigenvalue weighted by atomic mass is 10.2. The van der Waals surface area contributed by atoms with Gasteiger partial charge in [0, 0.05) is 23.5 Å². The first kappa shape index (κ1) is 10.5. The summed E-state index contributed by atoms with van der Waals surface area (Å²) in [6, 6.07) is 11.1. The Morgan fingerprint density at radius 1 is 1.06 bits per heavy atom. The van der Waals surface area contributed by atoms with E-state index < -0.39 is 12.0 Å². The molecule has 0 bridgehead atoms. The Morgan fingerprint density at radius 2 is 1.75 bits per heavy atom. The fourth-order valence-electron chi connectivity index (χ4n) is 1.43. The average molecular weight is 221 g/mol. The number of para-hydroxylation sites is 1. The standard InChI is InChI=1S/C12H9F2NO/c13-12(14)9-6-7-15(11(16)8-9)10-4-2-1-3-5-10/h1-8,12H. The first-order chi connectivity index (χ1) is 7.68. The number of halogens is 2. The molecule has 1 heterocycles. The molecule has 0 N–H and O–H groups in total. The van der Waals surface area contributed by atoms with E-state index in [-0.39, 0.29) is 5.56 Å². The van der Waals surface area contributed by atoms with Crippen LogP contribution in [0, 0.1) is 0 Å². The Hall–Kier alpha value is -1.97. The molecule has 0 spiro atoms. The highest BCUT2D eigenvalue weighted by molar-refractivity contribution is 5.32. The lowest BCUT2D eigenvalue weighted by Crippen LogP contribution is -2.17. The van der Waals surface area contributed by atoms with E-state index in [0.29, 0.717) is 5.69 Å². The van der Waals surface area contributed by atoms with Gasteiger partial charge in [-0.1, -0.05) is 18.2 Å². The monoisotopic (exact) mass is 221 g/mol. The fourth-order valence-corrected chi connectivity index (χ4v) is 1.43. The van der Waals surface area contributed by atoms with E-state index in [2.05, 4.69) is 0 Å². The van der Waals surface area contributed by atoms with Crippen molar-refractivity contribution < 1.29 is 8.78 Å². The number of rotatable bonds is 2. The Morgan fingerprint density at radius 3 is 2.31 bits per heavy atom. The smallest absolute Gasteiger partial charge is 0.264 e. The van der Waals surface area contributed by atoms with Crippen LogP contribution in [0.25, 0.3) is 5.69 Å². The predicted molar refractivity (Wildman–Crippen MR) is 57.0 cm³/mol. The fraction of sp³-hybridized carbons (Fsp3) is 0.0833. The van der Waals surface area contributed by atoms with Gasteiger partial charge in [-0.05, 0) is 18.2 Å². The number of hydrogen-bond acceptors (Lipinski definition) is 1. The maximum absolute atomic E-state index is 12.3. The van der Waals surface area contributed by atoms with Crippen molar-refractivity contribution in [3.63, 3.8) is 0 Å². The third-order valence-corrected chi connectivity index (χ3v) is 2.23. The Labute approximate surface area is 90.8 Å². The molecule has 0 saturated carbocycles. The van der Waals surface area contributed by atoms with Gasteiger partial charge in [0.2, 0.25) is 0 Å². The van der Waals surface area contributed by atoms with Gasteiger partial charge in [0.25, 0.3) is 12.0 Å². The van der Waals surface area contributed by atoms with Gasteiger partial charge >= 0.3 is 0 Å². The van der Waals surface area contributed by atoms with Gasteiger partial charge in [0.1, 0.15) is 0 Å². The second-order valence-corrected chi connectivity index (χ2v) is 3.30. The Bertz CT molecular complexity index is 534. The number of nitrogens with zero attached hydrogens (tertiary/aromatic N) is 1. The topological polar surface area (TPSA) is 22.0 Å². The van der Waals surface area contributed by atoms with E-state index in [1.807, 2.05) is 6.07 Å². The van der Waals surface area contributed by atoms with Crippen molar-refractivity contribution in [2.45, 2.75) is 6.43 Å².